The summed E-state index contributed by atoms with van der Waals surface area (Å²) in [5.41, 5.74) is 2.53. The van der Waals surface area contributed by atoms with Crippen LogP contribution in [0.4, 0.5) is 11.5 Å². The van der Waals surface area contributed by atoms with E-state index in [-0.39, 0.29) is 5.91 Å². The number of rotatable bonds is 4. The van der Waals surface area contributed by atoms with E-state index in [0.717, 1.165) is 24.5 Å². The van der Waals surface area contributed by atoms with E-state index in [2.05, 4.69) is 25.4 Å². The number of nitrogens with zero attached hydrogens (tertiary/aromatic N) is 3. The lowest BCUT2D eigenvalue weighted by Crippen LogP contribution is -2.19. The highest BCUT2D eigenvalue weighted by Gasteiger charge is 2.19. The van der Waals surface area contributed by atoms with Gasteiger partial charge < -0.3 is 19.7 Å². The van der Waals surface area contributed by atoms with E-state index in [1.807, 2.05) is 30.3 Å². The van der Waals surface area contributed by atoms with Crippen LogP contribution in [-0.2, 0) is 0 Å². The quantitative estimate of drug-likeness (QED) is 0.710. The molecule has 0 radical (unpaired) electrons. The molecule has 0 spiro atoms. The van der Waals surface area contributed by atoms with Crippen molar-refractivity contribution in [2.45, 2.75) is 12.8 Å². The van der Waals surface area contributed by atoms with Crippen molar-refractivity contribution >= 4 is 17.4 Å². The fraction of sp³-hybridized carbons (Fsp3) is 0.286. The highest BCUT2D eigenvalue weighted by Crippen LogP contribution is 2.35. The number of ether oxygens (including phenoxy) is 2. The van der Waals surface area contributed by atoms with Crippen molar-refractivity contribution in [3.05, 3.63) is 48.3 Å². The molecule has 2 N–H and O–H groups in total. The lowest BCUT2D eigenvalue weighted by molar-refractivity contribution is 0.102. The molecule has 0 saturated carbocycles. The van der Waals surface area contributed by atoms with Crippen molar-refractivity contribution < 1.29 is 14.3 Å². The number of pyridine rings is 1. The van der Waals surface area contributed by atoms with Gasteiger partial charge in [-0.3, -0.25) is 9.89 Å². The Kier molecular flexibility index (Phi) is 4.51. The zero-order valence-corrected chi connectivity index (χ0v) is 15.9. The number of nitrogens with one attached hydrogen (secondary N) is 2. The monoisotopic (exact) mass is 391 g/mol. The number of anilines is 2. The molecule has 8 heteroatoms. The highest BCUT2D eigenvalue weighted by molar-refractivity contribution is 6.08. The van der Waals surface area contributed by atoms with Gasteiger partial charge in [0.2, 0.25) is 0 Å². The summed E-state index contributed by atoms with van der Waals surface area (Å²) in [6, 6.07) is 9.39. The van der Waals surface area contributed by atoms with Crippen molar-refractivity contribution in [1.29, 1.82) is 0 Å². The normalized spacial score (nSPS) is 15.4. The van der Waals surface area contributed by atoms with E-state index in [9.17, 15) is 4.79 Å². The number of benzene rings is 1. The van der Waals surface area contributed by atoms with Crippen LogP contribution in [0.1, 0.15) is 23.2 Å². The molecule has 2 aromatic heterocycles. The molecule has 3 aromatic rings. The molecule has 8 nitrogen and oxygen atoms in total. The van der Waals surface area contributed by atoms with E-state index in [4.69, 9.17) is 9.47 Å². The molecule has 5 rings (SSSR count). The fourth-order valence-electron chi connectivity index (χ4n) is 3.67. The average molecular weight is 391 g/mol. The van der Waals surface area contributed by atoms with E-state index < -0.39 is 0 Å². The van der Waals surface area contributed by atoms with Gasteiger partial charge in [-0.1, -0.05) is 0 Å². The zero-order chi connectivity index (χ0) is 19.6. The van der Waals surface area contributed by atoms with Gasteiger partial charge in [0.1, 0.15) is 19.0 Å². The minimum atomic E-state index is -0.251. The molecular weight excluding hydrogens is 370 g/mol. The molecule has 0 atom stereocenters. The molecule has 1 saturated heterocycles. The Hall–Kier alpha value is -3.55. The minimum absolute atomic E-state index is 0.251. The number of H-pyrrole nitrogens is 1. The van der Waals surface area contributed by atoms with Crippen molar-refractivity contribution in [3.63, 3.8) is 0 Å². The van der Waals surface area contributed by atoms with Crippen molar-refractivity contribution in [2.24, 2.45) is 0 Å². The second kappa shape index (κ2) is 7.46. The number of aromatic nitrogens is 3. The second-order valence-electron chi connectivity index (χ2n) is 7.07. The van der Waals surface area contributed by atoms with Crippen molar-refractivity contribution in [1.82, 2.24) is 15.2 Å². The number of amides is 1. The second-order valence-corrected chi connectivity index (χ2v) is 7.07. The number of carbonyl (C=O) groups excluding carboxylic acids is 1. The smallest absolute Gasteiger partial charge is 0.259 e. The molecule has 1 aromatic carbocycles. The third kappa shape index (κ3) is 3.49. The summed E-state index contributed by atoms with van der Waals surface area (Å²) in [6.07, 6.45) is 5.61. The topological polar surface area (TPSA) is 92.4 Å². The molecule has 1 fully saturated rings. The SMILES string of the molecule is O=C(Nc1ccc(N2CCCC2)nc1)c1cn[nH]c1-c1ccc2c(c1)OCCO2. The summed E-state index contributed by atoms with van der Waals surface area (Å²) in [5.74, 6) is 2.06. The maximum Gasteiger partial charge on any atom is 0.259 e. The first-order valence-electron chi connectivity index (χ1n) is 9.74. The number of fused-ring (bicyclic) bond motifs is 1. The predicted octanol–water partition coefficient (Wildman–Crippen LogP) is 3.10. The van der Waals surface area contributed by atoms with Gasteiger partial charge >= 0.3 is 0 Å². The van der Waals surface area contributed by atoms with Crippen LogP contribution in [0.25, 0.3) is 11.3 Å². The first-order chi connectivity index (χ1) is 14.3. The summed E-state index contributed by atoms with van der Waals surface area (Å²) in [7, 11) is 0. The van der Waals surface area contributed by atoms with Gasteiger partial charge in [0.15, 0.2) is 11.5 Å². The Morgan fingerprint density at radius 1 is 1.03 bits per heavy atom. The largest absolute Gasteiger partial charge is 0.486 e. The summed E-state index contributed by atoms with van der Waals surface area (Å²) < 4.78 is 11.2. The van der Waals surface area contributed by atoms with Crippen LogP contribution in [0.2, 0.25) is 0 Å². The van der Waals surface area contributed by atoms with Gasteiger partial charge in [-0.05, 0) is 43.2 Å². The standard InChI is InChI=1S/C21H21N5O3/c27-21(24-15-4-6-19(22-12-15)26-7-1-2-8-26)16-13-23-25-20(16)14-3-5-17-18(11-14)29-10-9-28-17/h3-6,11-13H,1-2,7-10H2,(H,23,25)(H,24,27). The Balaban J connectivity index is 1.34. The number of carbonyl (C=O) groups is 1. The van der Waals surface area contributed by atoms with E-state index in [1.54, 1.807) is 6.20 Å². The lowest BCUT2D eigenvalue weighted by Gasteiger charge is -2.18. The molecule has 4 heterocycles. The molecule has 0 bridgehead atoms. The molecule has 2 aliphatic heterocycles. The maximum atomic E-state index is 12.8. The Morgan fingerprint density at radius 3 is 2.66 bits per heavy atom. The van der Waals surface area contributed by atoms with Gasteiger partial charge in [0.05, 0.1) is 29.3 Å². The summed E-state index contributed by atoms with van der Waals surface area (Å²) in [5, 5.41) is 9.87. The first-order valence-corrected chi connectivity index (χ1v) is 9.74. The summed E-state index contributed by atoms with van der Waals surface area (Å²) >= 11 is 0. The van der Waals surface area contributed by atoms with Crippen LogP contribution < -0.4 is 19.7 Å². The highest BCUT2D eigenvalue weighted by atomic mass is 16.6. The lowest BCUT2D eigenvalue weighted by atomic mass is 10.1. The van der Waals surface area contributed by atoms with Crippen LogP contribution in [0, 0.1) is 0 Å². The molecule has 0 unspecified atom stereocenters. The first kappa shape index (κ1) is 17.5. The van der Waals surface area contributed by atoms with Crippen LogP contribution >= 0.6 is 0 Å². The molecule has 1 amide bonds. The van der Waals surface area contributed by atoms with Gasteiger partial charge in [0.25, 0.3) is 5.91 Å². The molecule has 2 aliphatic rings. The van der Waals surface area contributed by atoms with Gasteiger partial charge in [0, 0.05) is 18.7 Å². The minimum Gasteiger partial charge on any atom is -0.486 e. The van der Waals surface area contributed by atoms with E-state index in [1.165, 1.54) is 19.0 Å². The zero-order valence-electron chi connectivity index (χ0n) is 15.9. The van der Waals surface area contributed by atoms with Crippen LogP contribution in [0.5, 0.6) is 11.5 Å². The Morgan fingerprint density at radius 2 is 1.86 bits per heavy atom. The maximum absolute atomic E-state index is 12.8. The van der Waals surface area contributed by atoms with Crippen LogP contribution in [0.15, 0.2) is 42.7 Å². The van der Waals surface area contributed by atoms with Gasteiger partial charge in [-0.2, -0.15) is 5.10 Å². The van der Waals surface area contributed by atoms with Gasteiger partial charge in [-0.15, -0.1) is 0 Å². The van der Waals surface area contributed by atoms with Crippen molar-refractivity contribution in [3.8, 4) is 22.8 Å². The third-order valence-electron chi connectivity index (χ3n) is 5.15. The van der Waals surface area contributed by atoms with Gasteiger partial charge in [-0.25, -0.2) is 4.98 Å². The molecular formula is C21H21N5O3. The molecule has 29 heavy (non-hydrogen) atoms. The summed E-state index contributed by atoms with van der Waals surface area (Å²) in [6.45, 7) is 3.11. The Labute approximate surface area is 167 Å². The predicted molar refractivity (Wildman–Crippen MR) is 109 cm³/mol. The number of hydrogen-bond acceptors (Lipinski definition) is 6. The molecule has 148 valence electrons. The van der Waals surface area contributed by atoms with Crippen molar-refractivity contribution in [2.75, 3.05) is 36.5 Å². The fourth-order valence-corrected chi connectivity index (χ4v) is 3.67. The van der Waals surface area contributed by atoms with E-state index in [0.29, 0.717) is 41.7 Å². The van der Waals surface area contributed by atoms with E-state index >= 15 is 0 Å². The Bertz CT molecular complexity index is 1030. The average Bonchev–Trinajstić information content (AvgIpc) is 3.46. The number of aromatic amines is 1. The summed E-state index contributed by atoms with van der Waals surface area (Å²) in [4.78, 5) is 19.6. The third-order valence-corrected chi connectivity index (χ3v) is 5.15. The van der Waals surface area contributed by atoms with Crippen LogP contribution in [0.3, 0.4) is 0 Å². The molecule has 0 aliphatic carbocycles. The van der Waals surface area contributed by atoms with Crippen LogP contribution in [-0.4, -0.2) is 47.4 Å². The number of hydrogen-bond donors (Lipinski definition) is 2.